The van der Waals surface area contributed by atoms with Crippen LogP contribution >= 0.6 is 0 Å². The molecule has 0 saturated heterocycles. The Balaban J connectivity index is 2.74. The minimum absolute atomic E-state index is 0.337. The molecule has 0 spiro atoms. The first-order valence-corrected chi connectivity index (χ1v) is 6.15. The minimum Gasteiger partial charge on any atom is -0.383 e. The third-order valence-corrected chi connectivity index (χ3v) is 4.94. The van der Waals surface area contributed by atoms with Crippen molar-refractivity contribution in [2.75, 3.05) is 11.9 Å². The van der Waals surface area contributed by atoms with Crippen molar-refractivity contribution in [1.29, 1.82) is 0 Å². The van der Waals surface area contributed by atoms with Crippen LogP contribution in [0.1, 0.15) is 12.5 Å². The third kappa shape index (κ3) is 1.21. The van der Waals surface area contributed by atoms with Gasteiger partial charge in [0.1, 0.15) is 0 Å². The number of nitrogens with one attached hydrogen (secondary N) is 1. The van der Waals surface area contributed by atoms with Gasteiger partial charge >= 0.3 is 0 Å². The van der Waals surface area contributed by atoms with Crippen LogP contribution in [0.5, 0.6) is 0 Å². The molecule has 1 heterocycles. The molecule has 76 valence electrons. The zero-order valence-electron chi connectivity index (χ0n) is 8.24. The molecule has 1 N–H and O–H groups in total. The van der Waals surface area contributed by atoms with Crippen molar-refractivity contribution < 1.29 is 8.42 Å². The smallest absolute Gasteiger partial charge is 0.184 e. The van der Waals surface area contributed by atoms with E-state index in [0.29, 0.717) is 11.4 Å². The molecule has 0 fully saturated rings. The molecule has 0 bridgehead atoms. The van der Waals surface area contributed by atoms with E-state index >= 15 is 0 Å². The maximum atomic E-state index is 12.0. The summed E-state index contributed by atoms with van der Waals surface area (Å²) in [5, 5.41) is 2.79. The van der Waals surface area contributed by atoms with Crippen molar-refractivity contribution in [3.8, 4) is 0 Å². The number of benzene rings is 1. The van der Waals surface area contributed by atoms with E-state index in [1.807, 2.05) is 25.1 Å². The summed E-state index contributed by atoms with van der Waals surface area (Å²) in [5.74, 6) is 0. The zero-order chi connectivity index (χ0) is 10.3. The fourth-order valence-corrected chi connectivity index (χ4v) is 3.40. The van der Waals surface area contributed by atoms with Crippen molar-refractivity contribution in [1.82, 2.24) is 0 Å². The molecular weight excluding hydrogens is 198 g/mol. The van der Waals surface area contributed by atoms with Crippen LogP contribution in [-0.4, -0.2) is 20.2 Å². The van der Waals surface area contributed by atoms with E-state index in [2.05, 4.69) is 5.32 Å². The Morgan fingerprint density at radius 3 is 2.86 bits per heavy atom. The van der Waals surface area contributed by atoms with Crippen molar-refractivity contribution in [3.63, 3.8) is 0 Å². The standard InChI is InChI=1S/C10H13NO2S/c1-7-4-3-5-9-10(7)14(12,13)8(2)6-11-9/h3-5,8,11H,6H2,1-2H3. The van der Waals surface area contributed by atoms with E-state index in [-0.39, 0.29) is 5.25 Å². The normalized spacial score (nSPS) is 23.7. The summed E-state index contributed by atoms with van der Waals surface area (Å²) in [6.45, 7) is 4.06. The largest absolute Gasteiger partial charge is 0.383 e. The van der Waals surface area contributed by atoms with Gasteiger partial charge in [-0.05, 0) is 25.5 Å². The second kappa shape index (κ2) is 2.98. The van der Waals surface area contributed by atoms with Crippen molar-refractivity contribution in [2.45, 2.75) is 24.0 Å². The number of anilines is 1. The average Bonchev–Trinajstić information content (AvgIpc) is 2.11. The predicted octanol–water partition coefficient (Wildman–Crippen LogP) is 1.58. The van der Waals surface area contributed by atoms with Crippen molar-refractivity contribution in [2.24, 2.45) is 0 Å². The number of sulfone groups is 1. The van der Waals surface area contributed by atoms with Gasteiger partial charge in [0, 0.05) is 6.54 Å². The van der Waals surface area contributed by atoms with Gasteiger partial charge in [0.2, 0.25) is 0 Å². The lowest BCUT2D eigenvalue weighted by Gasteiger charge is -2.24. The van der Waals surface area contributed by atoms with Crippen LogP contribution in [0.2, 0.25) is 0 Å². The molecule has 0 aliphatic carbocycles. The molecule has 2 rings (SSSR count). The molecule has 0 aromatic heterocycles. The first-order valence-electron chi connectivity index (χ1n) is 4.61. The van der Waals surface area contributed by atoms with Gasteiger partial charge in [0.05, 0.1) is 15.8 Å². The molecule has 0 radical (unpaired) electrons. The molecule has 4 heteroatoms. The van der Waals surface area contributed by atoms with Crippen molar-refractivity contribution in [3.05, 3.63) is 23.8 Å². The van der Waals surface area contributed by atoms with Gasteiger partial charge in [0.25, 0.3) is 0 Å². The Hall–Kier alpha value is -1.03. The predicted molar refractivity (Wildman–Crippen MR) is 56.3 cm³/mol. The molecule has 0 amide bonds. The van der Waals surface area contributed by atoms with E-state index < -0.39 is 9.84 Å². The Morgan fingerprint density at radius 1 is 1.43 bits per heavy atom. The van der Waals surface area contributed by atoms with Gasteiger partial charge in [-0.1, -0.05) is 12.1 Å². The lowest BCUT2D eigenvalue weighted by Crippen LogP contribution is -2.32. The quantitative estimate of drug-likeness (QED) is 0.708. The van der Waals surface area contributed by atoms with Crippen molar-refractivity contribution >= 4 is 15.5 Å². The van der Waals surface area contributed by atoms with E-state index in [1.54, 1.807) is 6.92 Å². The highest BCUT2D eigenvalue weighted by Crippen LogP contribution is 2.31. The van der Waals surface area contributed by atoms with Crippen LogP contribution in [-0.2, 0) is 9.84 Å². The fraction of sp³-hybridized carbons (Fsp3) is 0.400. The molecule has 3 nitrogen and oxygen atoms in total. The minimum atomic E-state index is -3.11. The molecule has 1 aromatic rings. The van der Waals surface area contributed by atoms with Crippen LogP contribution in [0, 0.1) is 6.92 Å². The highest BCUT2D eigenvalue weighted by Gasteiger charge is 2.31. The third-order valence-electron chi connectivity index (χ3n) is 2.61. The first-order chi connectivity index (χ1) is 6.53. The summed E-state index contributed by atoms with van der Waals surface area (Å²) >= 11 is 0. The number of aryl methyl sites for hydroxylation is 1. The van der Waals surface area contributed by atoms with E-state index in [0.717, 1.165) is 11.3 Å². The van der Waals surface area contributed by atoms with Crippen LogP contribution in [0.3, 0.4) is 0 Å². The lowest BCUT2D eigenvalue weighted by molar-refractivity contribution is 0.582. The number of rotatable bonds is 0. The molecule has 14 heavy (non-hydrogen) atoms. The van der Waals surface area contributed by atoms with Crippen LogP contribution in [0.4, 0.5) is 5.69 Å². The molecule has 1 unspecified atom stereocenters. The first kappa shape index (κ1) is 9.52. The number of hydrogen-bond donors (Lipinski definition) is 1. The maximum absolute atomic E-state index is 12.0. The van der Waals surface area contributed by atoms with Crippen LogP contribution in [0.15, 0.2) is 23.1 Å². The van der Waals surface area contributed by atoms with E-state index in [9.17, 15) is 8.42 Å². The van der Waals surface area contributed by atoms with Crippen LogP contribution < -0.4 is 5.32 Å². The van der Waals surface area contributed by atoms with Crippen LogP contribution in [0.25, 0.3) is 0 Å². The highest BCUT2D eigenvalue weighted by atomic mass is 32.2. The fourth-order valence-electron chi connectivity index (χ4n) is 1.73. The molecule has 1 aliphatic rings. The molecular formula is C10H13NO2S. The Kier molecular flexibility index (Phi) is 2.03. The second-order valence-electron chi connectivity index (χ2n) is 3.69. The number of hydrogen-bond acceptors (Lipinski definition) is 3. The van der Waals surface area contributed by atoms with Gasteiger partial charge in [-0.2, -0.15) is 0 Å². The van der Waals surface area contributed by atoms with Gasteiger partial charge < -0.3 is 5.32 Å². The Morgan fingerprint density at radius 2 is 2.14 bits per heavy atom. The Bertz CT molecular complexity index is 465. The Labute approximate surface area is 84.1 Å². The van der Waals surface area contributed by atoms with E-state index in [4.69, 9.17) is 0 Å². The summed E-state index contributed by atoms with van der Waals surface area (Å²) < 4.78 is 24.0. The highest BCUT2D eigenvalue weighted by molar-refractivity contribution is 7.92. The average molecular weight is 211 g/mol. The molecule has 1 atom stereocenters. The summed E-state index contributed by atoms with van der Waals surface area (Å²) in [7, 11) is -3.11. The van der Waals surface area contributed by atoms with Gasteiger partial charge in [-0.3, -0.25) is 0 Å². The topological polar surface area (TPSA) is 46.2 Å². The molecule has 1 aromatic carbocycles. The van der Waals surface area contributed by atoms with Gasteiger partial charge in [-0.15, -0.1) is 0 Å². The van der Waals surface area contributed by atoms with Gasteiger partial charge in [0.15, 0.2) is 9.84 Å². The molecule has 0 saturated carbocycles. The van der Waals surface area contributed by atoms with Gasteiger partial charge in [-0.25, -0.2) is 8.42 Å². The lowest BCUT2D eigenvalue weighted by atomic mass is 10.2. The summed E-state index contributed by atoms with van der Waals surface area (Å²) in [6.07, 6.45) is 0. The number of fused-ring (bicyclic) bond motifs is 1. The summed E-state index contributed by atoms with van der Waals surface area (Å²) in [5.41, 5.74) is 1.56. The monoisotopic (exact) mass is 211 g/mol. The zero-order valence-corrected chi connectivity index (χ0v) is 9.06. The van der Waals surface area contributed by atoms with E-state index in [1.165, 1.54) is 0 Å². The summed E-state index contributed by atoms with van der Waals surface area (Å²) in [4.78, 5) is 0.471. The maximum Gasteiger partial charge on any atom is 0.184 e. The second-order valence-corrected chi connectivity index (χ2v) is 5.99. The SMILES string of the molecule is Cc1cccc2c1S(=O)(=O)C(C)CN2. The summed E-state index contributed by atoms with van der Waals surface area (Å²) in [6, 6.07) is 5.51. The molecule has 1 aliphatic heterocycles.